The van der Waals surface area contributed by atoms with Gasteiger partial charge in [0.1, 0.15) is 6.04 Å². The van der Waals surface area contributed by atoms with E-state index in [1.807, 2.05) is 19.2 Å². The molecule has 2 heterocycles. The number of likely N-dealkylation sites (N-methyl/N-ethyl adjacent to an activating group) is 1. The third kappa shape index (κ3) is 4.31. The smallest absolute Gasteiger partial charge is 0.238 e. The molecule has 0 radical (unpaired) electrons. The van der Waals surface area contributed by atoms with E-state index in [4.69, 9.17) is 0 Å². The van der Waals surface area contributed by atoms with Crippen LogP contribution in [0.2, 0.25) is 0 Å². The number of carbonyl (C=O) groups excluding carboxylic acids is 2. The van der Waals surface area contributed by atoms with Gasteiger partial charge < -0.3 is 10.2 Å². The molecular weight excluding hydrogens is 294 g/mol. The lowest BCUT2D eigenvalue weighted by molar-refractivity contribution is -0.139. The molecule has 0 spiro atoms. The van der Waals surface area contributed by atoms with Crippen LogP contribution in [0, 0.1) is 6.92 Å². The first-order valence-corrected chi connectivity index (χ1v) is 8.17. The third-order valence-electron chi connectivity index (χ3n) is 4.32. The quantitative estimate of drug-likeness (QED) is 0.844. The lowest BCUT2D eigenvalue weighted by atomic mass is 10.1. The molecule has 1 aromatic heterocycles. The molecule has 7 nitrogen and oxygen atoms in total. The van der Waals surface area contributed by atoms with Crippen LogP contribution in [0.15, 0.2) is 12.3 Å². The van der Waals surface area contributed by atoms with Crippen molar-refractivity contribution in [2.24, 2.45) is 0 Å². The Morgan fingerprint density at radius 1 is 1.39 bits per heavy atom. The topological polar surface area (TPSA) is 70.5 Å². The van der Waals surface area contributed by atoms with Crippen LogP contribution < -0.4 is 5.32 Å². The molecule has 7 heteroatoms. The molecule has 2 amide bonds. The van der Waals surface area contributed by atoms with Crippen molar-refractivity contribution >= 4 is 11.8 Å². The van der Waals surface area contributed by atoms with E-state index in [1.54, 1.807) is 16.6 Å². The Labute approximate surface area is 137 Å². The summed E-state index contributed by atoms with van der Waals surface area (Å²) in [6.45, 7) is 8.50. The number of carbonyl (C=O) groups is 2. The molecule has 0 bridgehead atoms. The Kier molecular flexibility index (Phi) is 5.76. The van der Waals surface area contributed by atoms with Crippen LogP contribution in [0.1, 0.15) is 26.0 Å². The van der Waals surface area contributed by atoms with E-state index >= 15 is 0 Å². The first kappa shape index (κ1) is 17.5. The number of aryl methyl sites for hydroxylation is 2. The first-order chi connectivity index (χ1) is 10.9. The Hall–Kier alpha value is -1.89. The standard InChI is InChI=1S/C16H27N5O2/c1-12(2)21-10-9-19(11-14(21)16(23)17-4)15(22)6-8-20-7-5-13(3)18-20/h5,7,12,14H,6,8-11H2,1-4H3,(H,17,23)/t14-/m0/s1. The Balaban J connectivity index is 1.94. The van der Waals surface area contributed by atoms with Gasteiger partial charge in [-0.3, -0.25) is 19.2 Å². The van der Waals surface area contributed by atoms with Gasteiger partial charge in [0.25, 0.3) is 0 Å². The Morgan fingerprint density at radius 2 is 2.13 bits per heavy atom. The summed E-state index contributed by atoms with van der Waals surface area (Å²) in [5.74, 6) is 0.0503. The van der Waals surface area contributed by atoms with Crippen LogP contribution in [0.5, 0.6) is 0 Å². The molecule has 0 unspecified atom stereocenters. The largest absolute Gasteiger partial charge is 0.358 e. The number of hydrogen-bond acceptors (Lipinski definition) is 4. The Bertz CT molecular complexity index is 554. The monoisotopic (exact) mass is 321 g/mol. The van der Waals surface area contributed by atoms with E-state index in [1.165, 1.54) is 0 Å². The summed E-state index contributed by atoms with van der Waals surface area (Å²) in [6.07, 6.45) is 2.29. The summed E-state index contributed by atoms with van der Waals surface area (Å²) in [6, 6.07) is 1.93. The van der Waals surface area contributed by atoms with Crippen LogP contribution in [0.4, 0.5) is 0 Å². The molecule has 1 atom stereocenters. The summed E-state index contributed by atoms with van der Waals surface area (Å²) in [5.41, 5.74) is 0.947. The van der Waals surface area contributed by atoms with Crippen molar-refractivity contribution in [3.8, 4) is 0 Å². The second kappa shape index (κ2) is 7.59. The molecule has 0 saturated carbocycles. The van der Waals surface area contributed by atoms with Gasteiger partial charge in [0.15, 0.2) is 0 Å². The van der Waals surface area contributed by atoms with Crippen LogP contribution in [0.25, 0.3) is 0 Å². The molecule has 1 aromatic rings. The van der Waals surface area contributed by atoms with Gasteiger partial charge in [0.05, 0.1) is 5.69 Å². The van der Waals surface area contributed by atoms with Crippen LogP contribution >= 0.6 is 0 Å². The predicted molar refractivity (Wildman–Crippen MR) is 87.9 cm³/mol. The van der Waals surface area contributed by atoms with Crippen LogP contribution in [0.3, 0.4) is 0 Å². The van der Waals surface area contributed by atoms with Gasteiger partial charge >= 0.3 is 0 Å². The maximum absolute atomic E-state index is 12.4. The Morgan fingerprint density at radius 3 is 2.70 bits per heavy atom. The summed E-state index contributed by atoms with van der Waals surface area (Å²) in [5, 5.41) is 7.00. The van der Waals surface area contributed by atoms with Gasteiger partial charge in [-0.2, -0.15) is 5.10 Å². The molecule has 1 saturated heterocycles. The lowest BCUT2D eigenvalue weighted by Gasteiger charge is -2.42. The minimum atomic E-state index is -0.273. The zero-order chi connectivity index (χ0) is 17.0. The van der Waals surface area contributed by atoms with Crippen molar-refractivity contribution in [1.29, 1.82) is 0 Å². The minimum absolute atomic E-state index is 0.0288. The number of piperazine rings is 1. The maximum Gasteiger partial charge on any atom is 0.238 e. The van der Waals surface area contributed by atoms with Gasteiger partial charge in [-0.05, 0) is 26.8 Å². The van der Waals surface area contributed by atoms with E-state index in [0.29, 0.717) is 26.1 Å². The average Bonchev–Trinajstić information content (AvgIpc) is 2.96. The molecule has 1 N–H and O–H groups in total. The maximum atomic E-state index is 12.4. The highest BCUT2D eigenvalue weighted by Crippen LogP contribution is 2.15. The second-order valence-electron chi connectivity index (χ2n) is 6.27. The summed E-state index contributed by atoms with van der Waals surface area (Å²) in [4.78, 5) is 28.5. The van der Waals surface area contributed by atoms with Crippen LogP contribution in [-0.2, 0) is 16.1 Å². The normalized spacial score (nSPS) is 19.2. The van der Waals surface area contributed by atoms with E-state index in [9.17, 15) is 9.59 Å². The van der Waals surface area contributed by atoms with Crippen molar-refractivity contribution in [2.45, 2.75) is 45.8 Å². The number of nitrogens with one attached hydrogen (secondary N) is 1. The average molecular weight is 321 g/mol. The molecule has 1 fully saturated rings. The van der Waals surface area contributed by atoms with Crippen molar-refractivity contribution in [3.05, 3.63) is 18.0 Å². The highest BCUT2D eigenvalue weighted by molar-refractivity contribution is 5.83. The predicted octanol–water partition coefficient (Wildman–Crippen LogP) is 0.249. The van der Waals surface area contributed by atoms with Gasteiger partial charge in [0, 0.05) is 51.9 Å². The molecule has 1 aliphatic heterocycles. The highest BCUT2D eigenvalue weighted by atomic mass is 16.2. The summed E-state index contributed by atoms with van der Waals surface area (Å²) >= 11 is 0. The highest BCUT2D eigenvalue weighted by Gasteiger charge is 2.34. The fourth-order valence-electron chi connectivity index (χ4n) is 3.00. The zero-order valence-corrected chi connectivity index (χ0v) is 14.5. The molecular formula is C16H27N5O2. The van der Waals surface area contributed by atoms with E-state index in [-0.39, 0.29) is 23.9 Å². The van der Waals surface area contributed by atoms with Gasteiger partial charge in [-0.1, -0.05) is 0 Å². The third-order valence-corrected chi connectivity index (χ3v) is 4.32. The summed E-state index contributed by atoms with van der Waals surface area (Å²) in [7, 11) is 1.64. The van der Waals surface area contributed by atoms with Crippen molar-refractivity contribution in [3.63, 3.8) is 0 Å². The number of aromatic nitrogens is 2. The number of nitrogens with zero attached hydrogens (tertiary/aromatic N) is 4. The van der Waals surface area contributed by atoms with Crippen LogP contribution in [-0.4, -0.2) is 70.2 Å². The molecule has 0 aliphatic carbocycles. The van der Waals surface area contributed by atoms with Crippen molar-refractivity contribution in [2.75, 3.05) is 26.7 Å². The summed E-state index contributed by atoms with van der Waals surface area (Å²) < 4.78 is 1.79. The van der Waals surface area contributed by atoms with Crippen molar-refractivity contribution in [1.82, 2.24) is 24.9 Å². The fourth-order valence-corrected chi connectivity index (χ4v) is 3.00. The number of hydrogen-bond donors (Lipinski definition) is 1. The molecule has 128 valence electrons. The molecule has 23 heavy (non-hydrogen) atoms. The molecule has 0 aromatic carbocycles. The molecule has 1 aliphatic rings. The second-order valence-corrected chi connectivity index (χ2v) is 6.27. The van der Waals surface area contributed by atoms with Gasteiger partial charge in [-0.25, -0.2) is 0 Å². The van der Waals surface area contributed by atoms with E-state index in [2.05, 4.69) is 29.2 Å². The lowest BCUT2D eigenvalue weighted by Crippen LogP contribution is -2.61. The van der Waals surface area contributed by atoms with E-state index in [0.717, 1.165) is 12.2 Å². The van der Waals surface area contributed by atoms with Gasteiger partial charge in [0.2, 0.25) is 11.8 Å². The van der Waals surface area contributed by atoms with Gasteiger partial charge in [-0.15, -0.1) is 0 Å². The number of rotatable bonds is 5. The minimum Gasteiger partial charge on any atom is -0.358 e. The first-order valence-electron chi connectivity index (χ1n) is 8.17. The van der Waals surface area contributed by atoms with Crippen molar-refractivity contribution < 1.29 is 9.59 Å². The SMILES string of the molecule is CNC(=O)[C@@H]1CN(C(=O)CCn2ccc(C)n2)CCN1C(C)C. The number of amides is 2. The fraction of sp³-hybridized carbons (Fsp3) is 0.688. The van der Waals surface area contributed by atoms with E-state index < -0.39 is 0 Å². The zero-order valence-electron chi connectivity index (χ0n) is 14.5. The molecule has 2 rings (SSSR count).